The molecule has 25 heavy (non-hydrogen) atoms. The molecule has 0 aliphatic rings. The van der Waals surface area contributed by atoms with Crippen LogP contribution in [0.1, 0.15) is 31.9 Å². The van der Waals surface area contributed by atoms with Crippen LogP contribution < -0.4 is 10.6 Å². The third kappa shape index (κ3) is 8.26. The Labute approximate surface area is 164 Å². The van der Waals surface area contributed by atoms with Gasteiger partial charge in [-0.2, -0.15) is 13.2 Å². The summed E-state index contributed by atoms with van der Waals surface area (Å²) in [5.41, 5.74) is -0.162. The molecule has 0 heterocycles. The third-order valence-corrected chi connectivity index (χ3v) is 3.64. The van der Waals surface area contributed by atoms with Crippen LogP contribution in [-0.4, -0.2) is 32.8 Å². The second kappa shape index (κ2) is 10.2. The molecule has 1 unspecified atom stereocenters. The van der Waals surface area contributed by atoms with Crippen molar-refractivity contribution in [1.29, 1.82) is 0 Å². The molecule has 1 rings (SSSR count). The fraction of sp³-hybridized carbons (Fsp3) is 0.588. The average molecular weight is 473 g/mol. The lowest BCUT2D eigenvalue weighted by atomic mass is 9.89. The highest BCUT2D eigenvalue weighted by molar-refractivity contribution is 14.0. The van der Waals surface area contributed by atoms with Crippen molar-refractivity contribution in [2.24, 2.45) is 10.4 Å². The SMILES string of the molecule is CN=C(NCc1cccc(C(F)(F)F)c1)NCC(OC)C(C)(C)C.I. The maximum Gasteiger partial charge on any atom is 0.416 e. The molecule has 0 radical (unpaired) electrons. The molecule has 144 valence electrons. The van der Waals surface area contributed by atoms with E-state index in [4.69, 9.17) is 4.74 Å². The van der Waals surface area contributed by atoms with Gasteiger partial charge in [0.15, 0.2) is 5.96 Å². The number of ether oxygens (including phenoxy) is 1. The van der Waals surface area contributed by atoms with E-state index in [1.807, 2.05) is 0 Å². The fourth-order valence-electron chi connectivity index (χ4n) is 2.20. The van der Waals surface area contributed by atoms with Crippen molar-refractivity contribution < 1.29 is 17.9 Å². The fourth-order valence-corrected chi connectivity index (χ4v) is 2.20. The molecule has 0 amide bonds. The summed E-state index contributed by atoms with van der Waals surface area (Å²) in [6.07, 6.45) is -4.36. The summed E-state index contributed by atoms with van der Waals surface area (Å²) in [5.74, 6) is 0.513. The number of methoxy groups -OCH3 is 1. The lowest BCUT2D eigenvalue weighted by Crippen LogP contribution is -2.45. The molecule has 1 aromatic carbocycles. The number of rotatable bonds is 5. The Kier molecular flexibility index (Phi) is 9.78. The van der Waals surface area contributed by atoms with E-state index in [-0.39, 0.29) is 42.0 Å². The number of aliphatic imine (C=N–C) groups is 1. The molecule has 0 aliphatic heterocycles. The summed E-state index contributed by atoms with van der Waals surface area (Å²) in [6, 6.07) is 5.23. The van der Waals surface area contributed by atoms with E-state index >= 15 is 0 Å². The number of guanidine groups is 1. The zero-order valence-electron chi connectivity index (χ0n) is 15.2. The van der Waals surface area contributed by atoms with Gasteiger partial charge in [-0.05, 0) is 23.1 Å². The van der Waals surface area contributed by atoms with Gasteiger partial charge in [-0.1, -0.05) is 32.9 Å². The number of nitrogens with zero attached hydrogens (tertiary/aromatic N) is 1. The van der Waals surface area contributed by atoms with Gasteiger partial charge in [0.2, 0.25) is 0 Å². The highest BCUT2D eigenvalue weighted by Crippen LogP contribution is 2.29. The molecule has 0 saturated carbocycles. The van der Waals surface area contributed by atoms with E-state index in [9.17, 15) is 13.2 Å². The zero-order valence-corrected chi connectivity index (χ0v) is 17.5. The van der Waals surface area contributed by atoms with Gasteiger partial charge in [0.25, 0.3) is 0 Å². The smallest absolute Gasteiger partial charge is 0.379 e. The topological polar surface area (TPSA) is 45.7 Å². The second-order valence-corrected chi connectivity index (χ2v) is 6.60. The van der Waals surface area contributed by atoms with Crippen LogP contribution in [-0.2, 0) is 17.5 Å². The van der Waals surface area contributed by atoms with Crippen LogP contribution in [0.3, 0.4) is 0 Å². The summed E-state index contributed by atoms with van der Waals surface area (Å²) < 4.78 is 43.6. The van der Waals surface area contributed by atoms with Crippen LogP contribution in [0, 0.1) is 5.41 Å². The van der Waals surface area contributed by atoms with E-state index in [0.29, 0.717) is 18.1 Å². The summed E-state index contributed by atoms with van der Waals surface area (Å²) in [6.45, 7) is 7.00. The molecule has 4 nitrogen and oxygen atoms in total. The normalized spacial score (nSPS) is 13.8. The van der Waals surface area contributed by atoms with Gasteiger partial charge in [-0.25, -0.2) is 0 Å². The van der Waals surface area contributed by atoms with Crippen LogP contribution in [0.4, 0.5) is 13.2 Å². The van der Waals surface area contributed by atoms with Gasteiger partial charge >= 0.3 is 6.18 Å². The van der Waals surface area contributed by atoms with Gasteiger partial charge in [-0.15, -0.1) is 24.0 Å². The Hall–Kier alpha value is -1.03. The van der Waals surface area contributed by atoms with E-state index in [2.05, 4.69) is 36.4 Å². The van der Waals surface area contributed by atoms with E-state index in [1.165, 1.54) is 6.07 Å². The lowest BCUT2D eigenvalue weighted by Gasteiger charge is -2.30. The van der Waals surface area contributed by atoms with Gasteiger partial charge in [0, 0.05) is 27.2 Å². The quantitative estimate of drug-likeness (QED) is 0.386. The van der Waals surface area contributed by atoms with Crippen LogP contribution in [0.2, 0.25) is 0 Å². The average Bonchev–Trinajstić information content (AvgIpc) is 2.49. The van der Waals surface area contributed by atoms with Crippen molar-refractivity contribution >= 4 is 29.9 Å². The Morgan fingerprint density at radius 1 is 1.20 bits per heavy atom. The first-order valence-electron chi connectivity index (χ1n) is 7.71. The number of benzene rings is 1. The van der Waals surface area contributed by atoms with Crippen LogP contribution in [0.25, 0.3) is 0 Å². The van der Waals surface area contributed by atoms with Crippen LogP contribution >= 0.6 is 24.0 Å². The van der Waals surface area contributed by atoms with Crippen molar-refractivity contribution in [2.45, 2.75) is 39.6 Å². The number of hydrogen-bond acceptors (Lipinski definition) is 2. The molecular formula is C17H27F3IN3O. The molecule has 0 fully saturated rings. The first-order chi connectivity index (χ1) is 11.1. The van der Waals surface area contributed by atoms with Gasteiger partial charge in [0.05, 0.1) is 11.7 Å². The molecular weight excluding hydrogens is 446 g/mol. The second-order valence-electron chi connectivity index (χ2n) is 6.60. The predicted molar refractivity (Wildman–Crippen MR) is 105 cm³/mol. The number of alkyl halides is 3. The molecule has 0 aromatic heterocycles. The van der Waals surface area contributed by atoms with Gasteiger partial charge < -0.3 is 15.4 Å². The standard InChI is InChI=1S/C17H26F3N3O.HI/c1-16(2,3)14(24-5)11-23-15(21-4)22-10-12-7-6-8-13(9-12)17(18,19)20;/h6-9,14H,10-11H2,1-5H3,(H2,21,22,23);1H. The molecule has 0 spiro atoms. The van der Waals surface area contributed by atoms with Crippen molar-refractivity contribution in [3.05, 3.63) is 35.4 Å². The first-order valence-corrected chi connectivity index (χ1v) is 7.71. The molecule has 0 bridgehead atoms. The molecule has 8 heteroatoms. The first kappa shape index (κ1) is 24.0. The van der Waals surface area contributed by atoms with Crippen LogP contribution in [0.5, 0.6) is 0 Å². The van der Waals surface area contributed by atoms with Crippen LogP contribution in [0.15, 0.2) is 29.3 Å². The predicted octanol–water partition coefficient (Wildman–Crippen LogP) is 4.05. The molecule has 2 N–H and O–H groups in total. The van der Waals surface area contributed by atoms with Crippen molar-refractivity contribution in [2.75, 3.05) is 20.7 Å². The zero-order chi connectivity index (χ0) is 18.4. The van der Waals surface area contributed by atoms with Gasteiger partial charge in [0.1, 0.15) is 0 Å². The summed E-state index contributed by atoms with van der Waals surface area (Å²) >= 11 is 0. The summed E-state index contributed by atoms with van der Waals surface area (Å²) in [4.78, 5) is 4.08. The minimum atomic E-state index is -4.34. The third-order valence-electron chi connectivity index (χ3n) is 3.64. The molecule has 0 aliphatic carbocycles. The van der Waals surface area contributed by atoms with E-state index in [1.54, 1.807) is 20.2 Å². The maximum absolute atomic E-state index is 12.7. The summed E-state index contributed by atoms with van der Waals surface area (Å²) in [5, 5.41) is 6.15. The minimum Gasteiger partial charge on any atom is -0.379 e. The Morgan fingerprint density at radius 2 is 1.84 bits per heavy atom. The molecule has 0 saturated heterocycles. The lowest BCUT2D eigenvalue weighted by molar-refractivity contribution is -0.137. The Balaban J connectivity index is 0.00000576. The Morgan fingerprint density at radius 3 is 2.32 bits per heavy atom. The molecule has 1 aromatic rings. The highest BCUT2D eigenvalue weighted by Gasteiger charge is 2.30. The largest absolute Gasteiger partial charge is 0.416 e. The highest BCUT2D eigenvalue weighted by atomic mass is 127. The molecule has 1 atom stereocenters. The maximum atomic E-state index is 12.7. The van der Waals surface area contributed by atoms with Crippen molar-refractivity contribution in [3.63, 3.8) is 0 Å². The van der Waals surface area contributed by atoms with E-state index < -0.39 is 11.7 Å². The minimum absolute atomic E-state index is 0. The van der Waals surface area contributed by atoms with Crippen molar-refractivity contribution in [3.8, 4) is 0 Å². The van der Waals surface area contributed by atoms with Gasteiger partial charge in [-0.3, -0.25) is 4.99 Å². The monoisotopic (exact) mass is 473 g/mol. The number of hydrogen-bond donors (Lipinski definition) is 2. The number of nitrogens with one attached hydrogen (secondary N) is 2. The summed E-state index contributed by atoms with van der Waals surface area (Å²) in [7, 11) is 3.26. The van der Waals surface area contributed by atoms with Crippen molar-refractivity contribution in [1.82, 2.24) is 10.6 Å². The van der Waals surface area contributed by atoms with E-state index in [0.717, 1.165) is 12.1 Å². The number of halogens is 4. The Bertz CT molecular complexity index is 557.